The fourth-order valence-corrected chi connectivity index (χ4v) is 1.20. The van der Waals surface area contributed by atoms with Gasteiger partial charge in [-0.25, -0.2) is 4.79 Å². The zero-order valence-electron chi connectivity index (χ0n) is 10.4. The Morgan fingerprint density at radius 1 is 1.27 bits per heavy atom. The number of carbonyl (C=O) groups excluding carboxylic acids is 1. The molecule has 0 saturated heterocycles. The molecule has 0 bridgehead atoms. The van der Waals surface area contributed by atoms with Crippen molar-refractivity contribution in [2.75, 3.05) is 20.7 Å². The molecule has 3 nitrogen and oxygen atoms in total. The minimum absolute atomic E-state index is 0.168. The number of nitrogens with zero attached hydrogens (tertiary/aromatic N) is 1. The molecule has 0 saturated carbocycles. The van der Waals surface area contributed by atoms with Gasteiger partial charge >= 0.3 is 5.97 Å². The smallest absolute Gasteiger partial charge is 0.335 e. The second-order valence-electron chi connectivity index (χ2n) is 3.86. The average Bonchev–Trinajstić information content (AvgIpc) is 2.17. The Morgan fingerprint density at radius 2 is 1.93 bits per heavy atom. The molecule has 88 valence electrons. The summed E-state index contributed by atoms with van der Waals surface area (Å²) < 4.78 is 5.16. The van der Waals surface area contributed by atoms with Gasteiger partial charge in [-0.05, 0) is 12.8 Å². The molecule has 3 heteroatoms. The summed E-state index contributed by atoms with van der Waals surface area (Å²) in [7, 11) is 3.82. The van der Waals surface area contributed by atoms with E-state index >= 15 is 0 Å². The second-order valence-corrected chi connectivity index (χ2v) is 3.86. The van der Waals surface area contributed by atoms with Crippen LogP contribution in [0.3, 0.4) is 0 Å². The summed E-state index contributed by atoms with van der Waals surface area (Å²) in [5, 5.41) is 0. The van der Waals surface area contributed by atoms with Gasteiger partial charge < -0.3 is 9.64 Å². The number of hydrogen-bond acceptors (Lipinski definition) is 3. The Kier molecular flexibility index (Phi) is 7.78. The van der Waals surface area contributed by atoms with Crippen molar-refractivity contribution in [2.45, 2.75) is 39.5 Å². The lowest BCUT2D eigenvalue weighted by Crippen LogP contribution is -2.13. The summed E-state index contributed by atoms with van der Waals surface area (Å²) in [6.45, 7) is 4.67. The van der Waals surface area contributed by atoms with E-state index in [1.807, 2.05) is 25.2 Å². The van der Waals surface area contributed by atoms with Gasteiger partial charge in [-0.1, -0.05) is 26.7 Å². The maximum Gasteiger partial charge on any atom is 0.335 e. The lowest BCUT2D eigenvalue weighted by atomic mass is 10.1. The zero-order chi connectivity index (χ0) is 11.7. The normalized spacial score (nSPS) is 11.3. The summed E-state index contributed by atoms with van der Waals surface area (Å²) in [5.74, 6) is -0.168. The Bertz CT molecular complexity index is 210. The highest BCUT2D eigenvalue weighted by Crippen LogP contribution is 2.08. The number of hydrogen-bond donors (Lipinski definition) is 0. The highest BCUT2D eigenvalue weighted by molar-refractivity contribution is 5.88. The Labute approximate surface area is 93.1 Å². The van der Waals surface area contributed by atoms with Crippen molar-refractivity contribution in [3.05, 3.63) is 11.8 Å². The van der Waals surface area contributed by atoms with Crippen molar-refractivity contribution < 1.29 is 9.53 Å². The minimum Gasteiger partial charge on any atom is -0.462 e. The van der Waals surface area contributed by atoms with Gasteiger partial charge in [0.05, 0.1) is 12.2 Å². The van der Waals surface area contributed by atoms with Gasteiger partial charge in [-0.2, -0.15) is 0 Å². The van der Waals surface area contributed by atoms with Crippen LogP contribution in [0.25, 0.3) is 0 Å². The Hall–Kier alpha value is -0.990. The molecule has 0 fully saturated rings. The second kappa shape index (κ2) is 8.33. The first-order chi connectivity index (χ1) is 7.11. The van der Waals surface area contributed by atoms with Crippen LogP contribution < -0.4 is 0 Å². The SMILES string of the molecule is CCCCOC(=O)C(=CN(C)C)CCC. The summed E-state index contributed by atoms with van der Waals surface area (Å²) in [4.78, 5) is 13.5. The molecule has 0 spiro atoms. The standard InChI is InChI=1S/C12H23NO2/c1-5-7-9-15-12(14)11(8-6-2)10-13(3)4/h10H,5-9H2,1-4H3. The van der Waals surface area contributed by atoms with Gasteiger partial charge in [-0.3, -0.25) is 0 Å². The highest BCUT2D eigenvalue weighted by atomic mass is 16.5. The fourth-order valence-electron chi connectivity index (χ4n) is 1.20. The quantitative estimate of drug-likeness (QED) is 0.370. The molecule has 0 aliphatic heterocycles. The summed E-state index contributed by atoms with van der Waals surface area (Å²) in [6, 6.07) is 0. The van der Waals surface area contributed by atoms with Crippen molar-refractivity contribution in [3.63, 3.8) is 0 Å². The van der Waals surface area contributed by atoms with Gasteiger partial charge in [0.25, 0.3) is 0 Å². The van der Waals surface area contributed by atoms with E-state index < -0.39 is 0 Å². The van der Waals surface area contributed by atoms with E-state index in [-0.39, 0.29) is 5.97 Å². The summed E-state index contributed by atoms with van der Waals surface area (Å²) in [6.07, 6.45) is 5.57. The van der Waals surface area contributed by atoms with Crippen LogP contribution in [0.1, 0.15) is 39.5 Å². The molecule has 0 aliphatic rings. The fraction of sp³-hybridized carbons (Fsp3) is 0.750. The minimum atomic E-state index is -0.168. The number of carbonyl (C=O) groups is 1. The van der Waals surface area contributed by atoms with Crippen molar-refractivity contribution in [1.82, 2.24) is 4.90 Å². The maximum atomic E-state index is 11.6. The largest absolute Gasteiger partial charge is 0.462 e. The molecule has 0 N–H and O–H groups in total. The number of ether oxygens (including phenoxy) is 1. The molecular formula is C12H23NO2. The van der Waals surface area contributed by atoms with Gasteiger partial charge in [0, 0.05) is 20.3 Å². The number of rotatable bonds is 7. The van der Waals surface area contributed by atoms with E-state index in [0.29, 0.717) is 6.61 Å². The van der Waals surface area contributed by atoms with E-state index in [1.54, 1.807) is 0 Å². The van der Waals surface area contributed by atoms with E-state index in [0.717, 1.165) is 31.3 Å². The van der Waals surface area contributed by atoms with Crippen molar-refractivity contribution in [2.24, 2.45) is 0 Å². The Morgan fingerprint density at radius 3 is 2.40 bits per heavy atom. The monoisotopic (exact) mass is 213 g/mol. The predicted octanol–water partition coefficient (Wildman–Crippen LogP) is 2.58. The molecule has 0 amide bonds. The van der Waals surface area contributed by atoms with Crippen molar-refractivity contribution >= 4 is 5.97 Å². The molecule has 0 aromatic rings. The van der Waals surface area contributed by atoms with Crippen LogP contribution in [0.5, 0.6) is 0 Å². The third kappa shape index (κ3) is 7.00. The Balaban J connectivity index is 4.17. The first kappa shape index (κ1) is 14.0. The molecule has 15 heavy (non-hydrogen) atoms. The lowest BCUT2D eigenvalue weighted by Gasteiger charge is -2.11. The predicted molar refractivity (Wildman–Crippen MR) is 62.5 cm³/mol. The number of esters is 1. The highest BCUT2D eigenvalue weighted by Gasteiger charge is 2.09. The van der Waals surface area contributed by atoms with Gasteiger partial charge in [-0.15, -0.1) is 0 Å². The lowest BCUT2D eigenvalue weighted by molar-refractivity contribution is -0.139. The topological polar surface area (TPSA) is 29.5 Å². The van der Waals surface area contributed by atoms with Crippen LogP contribution in [0.15, 0.2) is 11.8 Å². The van der Waals surface area contributed by atoms with E-state index in [2.05, 4.69) is 13.8 Å². The summed E-state index contributed by atoms with van der Waals surface area (Å²) >= 11 is 0. The van der Waals surface area contributed by atoms with Gasteiger partial charge in [0.2, 0.25) is 0 Å². The van der Waals surface area contributed by atoms with Crippen LogP contribution >= 0.6 is 0 Å². The van der Waals surface area contributed by atoms with Gasteiger partial charge in [0.15, 0.2) is 0 Å². The van der Waals surface area contributed by atoms with Crippen LogP contribution in [0.2, 0.25) is 0 Å². The summed E-state index contributed by atoms with van der Waals surface area (Å²) in [5.41, 5.74) is 0.763. The molecule has 0 rings (SSSR count). The molecule has 0 atom stereocenters. The number of unbranched alkanes of at least 4 members (excludes halogenated alkanes) is 1. The van der Waals surface area contributed by atoms with Crippen molar-refractivity contribution in [1.29, 1.82) is 0 Å². The molecule has 0 heterocycles. The molecule has 0 unspecified atom stereocenters. The van der Waals surface area contributed by atoms with Crippen LogP contribution in [-0.4, -0.2) is 31.6 Å². The molecular weight excluding hydrogens is 190 g/mol. The zero-order valence-corrected chi connectivity index (χ0v) is 10.4. The molecule has 0 aromatic heterocycles. The van der Waals surface area contributed by atoms with Crippen LogP contribution in [0, 0.1) is 0 Å². The third-order valence-corrected chi connectivity index (χ3v) is 1.93. The third-order valence-electron chi connectivity index (χ3n) is 1.93. The van der Waals surface area contributed by atoms with E-state index in [4.69, 9.17) is 4.74 Å². The van der Waals surface area contributed by atoms with E-state index in [9.17, 15) is 4.79 Å². The average molecular weight is 213 g/mol. The maximum absolute atomic E-state index is 11.6. The van der Waals surface area contributed by atoms with Crippen LogP contribution in [-0.2, 0) is 9.53 Å². The molecule has 0 radical (unpaired) electrons. The van der Waals surface area contributed by atoms with Gasteiger partial charge in [0.1, 0.15) is 0 Å². The first-order valence-corrected chi connectivity index (χ1v) is 5.66. The molecule has 0 aromatic carbocycles. The van der Waals surface area contributed by atoms with Crippen molar-refractivity contribution in [3.8, 4) is 0 Å². The van der Waals surface area contributed by atoms with E-state index in [1.165, 1.54) is 0 Å². The first-order valence-electron chi connectivity index (χ1n) is 5.66. The van der Waals surface area contributed by atoms with Crippen LogP contribution in [0.4, 0.5) is 0 Å². The molecule has 0 aliphatic carbocycles.